The maximum absolute atomic E-state index is 11.8. The standard InChI is InChI=1S/C9H16N3O13P3/c10-7-1-2-12(9(14)11-7)8-3-5(13)6(23-8)4-22-27(18,19)25-28(20,21)24-26(15,16)17/h1-2,5-6,8,13H,3-4H2,(H,18,19)(H,20,21)(H2,10,11,14)(H2,15,16,17)/t5-,6-,8+/m1/s1. The first-order valence-electron chi connectivity index (χ1n) is 7.14. The number of rotatable bonds is 8. The van der Waals surface area contributed by atoms with Gasteiger partial charge in [0.1, 0.15) is 18.1 Å². The zero-order valence-electron chi connectivity index (χ0n) is 13.6. The Morgan fingerprint density at radius 1 is 1.21 bits per heavy atom. The smallest absolute Gasteiger partial charge is 0.390 e. The molecule has 0 amide bonds. The molecular formula is C9H16N3O13P3. The van der Waals surface area contributed by atoms with E-state index in [-0.39, 0.29) is 12.2 Å². The highest BCUT2D eigenvalue weighted by Crippen LogP contribution is 2.66. The molecule has 16 nitrogen and oxygen atoms in total. The van der Waals surface area contributed by atoms with Crippen molar-refractivity contribution in [3.05, 3.63) is 22.7 Å². The number of ether oxygens (including phenoxy) is 1. The van der Waals surface area contributed by atoms with Crippen LogP contribution in [0.4, 0.5) is 5.82 Å². The Bertz CT molecular complexity index is 914. The van der Waals surface area contributed by atoms with E-state index in [4.69, 9.17) is 25.2 Å². The van der Waals surface area contributed by atoms with E-state index in [1.807, 2.05) is 0 Å². The van der Waals surface area contributed by atoms with Gasteiger partial charge in [0.05, 0.1) is 12.7 Å². The molecular weight excluding hydrogens is 451 g/mol. The molecule has 0 aliphatic carbocycles. The number of aromatic nitrogens is 2. The number of nitrogen functional groups attached to an aromatic ring is 1. The molecule has 1 aliphatic heterocycles. The van der Waals surface area contributed by atoms with Crippen molar-refractivity contribution in [1.29, 1.82) is 0 Å². The third-order valence-corrected chi connectivity index (χ3v) is 6.99. The van der Waals surface area contributed by atoms with Crippen LogP contribution < -0.4 is 11.4 Å². The van der Waals surface area contributed by atoms with Crippen LogP contribution in [-0.4, -0.2) is 53.0 Å². The van der Waals surface area contributed by atoms with Crippen LogP contribution in [0.1, 0.15) is 12.6 Å². The fourth-order valence-corrected chi connectivity index (χ4v) is 5.18. The molecule has 5 atom stereocenters. The number of phosphoric ester groups is 1. The molecule has 0 spiro atoms. The number of nitrogens with zero attached hydrogens (tertiary/aromatic N) is 2. The first-order valence-corrected chi connectivity index (χ1v) is 11.7. The molecule has 1 fully saturated rings. The largest absolute Gasteiger partial charge is 0.490 e. The lowest BCUT2D eigenvalue weighted by molar-refractivity contribution is -0.0449. The molecule has 1 aromatic rings. The highest BCUT2D eigenvalue weighted by molar-refractivity contribution is 7.66. The number of aliphatic hydroxyl groups is 1. The Labute approximate surface area is 155 Å². The van der Waals surface area contributed by atoms with Crippen molar-refractivity contribution in [1.82, 2.24) is 9.55 Å². The Morgan fingerprint density at radius 2 is 1.86 bits per heavy atom. The van der Waals surface area contributed by atoms with Crippen LogP contribution in [0.15, 0.2) is 17.1 Å². The Hall–Kier alpha value is -0.990. The average molecular weight is 467 g/mol. The van der Waals surface area contributed by atoms with E-state index in [2.05, 4.69) is 18.1 Å². The van der Waals surface area contributed by atoms with E-state index < -0.39 is 54.2 Å². The maximum atomic E-state index is 11.8. The molecule has 0 radical (unpaired) electrons. The van der Waals surface area contributed by atoms with Gasteiger partial charge in [0.25, 0.3) is 0 Å². The zero-order chi connectivity index (χ0) is 21.3. The lowest BCUT2D eigenvalue weighted by Crippen LogP contribution is -2.28. The molecule has 2 heterocycles. The summed E-state index contributed by atoms with van der Waals surface area (Å²) in [7, 11) is -16.5. The van der Waals surface area contributed by atoms with Gasteiger partial charge in [-0.2, -0.15) is 13.6 Å². The van der Waals surface area contributed by atoms with Gasteiger partial charge in [0, 0.05) is 12.6 Å². The van der Waals surface area contributed by atoms with Gasteiger partial charge < -0.3 is 35.2 Å². The minimum Gasteiger partial charge on any atom is -0.390 e. The van der Waals surface area contributed by atoms with Crippen LogP contribution in [0, 0.1) is 0 Å². The molecule has 160 valence electrons. The zero-order valence-corrected chi connectivity index (χ0v) is 16.3. The molecule has 1 aliphatic rings. The molecule has 1 aromatic heterocycles. The van der Waals surface area contributed by atoms with Crippen molar-refractivity contribution in [3.8, 4) is 0 Å². The summed E-state index contributed by atoms with van der Waals surface area (Å²) in [5.41, 5.74) is 4.58. The third-order valence-electron chi connectivity index (χ3n) is 3.18. The van der Waals surface area contributed by atoms with Crippen molar-refractivity contribution in [2.75, 3.05) is 12.3 Å². The molecule has 28 heavy (non-hydrogen) atoms. The predicted octanol–water partition coefficient (Wildman–Crippen LogP) is -1.18. The fraction of sp³-hybridized carbons (Fsp3) is 0.556. The molecule has 0 aromatic carbocycles. The molecule has 7 N–H and O–H groups in total. The topological polar surface area (TPSA) is 250 Å². The number of aliphatic hydroxyl groups excluding tert-OH is 1. The first kappa shape index (κ1) is 23.3. The summed E-state index contributed by atoms with van der Waals surface area (Å²) >= 11 is 0. The second kappa shape index (κ2) is 8.40. The predicted molar refractivity (Wildman–Crippen MR) is 87.3 cm³/mol. The summed E-state index contributed by atoms with van der Waals surface area (Å²) in [6.45, 7) is -0.849. The van der Waals surface area contributed by atoms with Gasteiger partial charge in [-0.1, -0.05) is 0 Å². The summed E-state index contributed by atoms with van der Waals surface area (Å²) in [6, 6.07) is 1.30. The number of hydrogen-bond donors (Lipinski definition) is 6. The van der Waals surface area contributed by atoms with E-state index in [1.165, 1.54) is 12.3 Å². The van der Waals surface area contributed by atoms with Crippen LogP contribution in [0.5, 0.6) is 0 Å². The van der Waals surface area contributed by atoms with E-state index in [0.717, 1.165) is 4.57 Å². The first-order chi connectivity index (χ1) is 12.7. The Balaban J connectivity index is 1.98. The van der Waals surface area contributed by atoms with Crippen molar-refractivity contribution in [2.24, 2.45) is 0 Å². The van der Waals surface area contributed by atoms with Gasteiger partial charge in [-0.25, -0.2) is 18.5 Å². The van der Waals surface area contributed by atoms with Crippen LogP contribution in [0.3, 0.4) is 0 Å². The number of nitrogens with two attached hydrogens (primary N) is 1. The quantitative estimate of drug-likeness (QED) is 0.246. The van der Waals surface area contributed by atoms with Gasteiger partial charge in [0.2, 0.25) is 0 Å². The van der Waals surface area contributed by atoms with Gasteiger partial charge in [-0.05, 0) is 6.07 Å². The third kappa shape index (κ3) is 6.81. The number of hydrogen-bond acceptors (Lipinski definition) is 11. The highest BCUT2D eigenvalue weighted by atomic mass is 31.3. The van der Waals surface area contributed by atoms with E-state index in [1.54, 1.807) is 0 Å². The summed E-state index contributed by atoms with van der Waals surface area (Å²) in [5, 5.41) is 9.94. The maximum Gasteiger partial charge on any atom is 0.490 e. The minimum atomic E-state index is -5.65. The van der Waals surface area contributed by atoms with Gasteiger partial charge in [-0.15, -0.1) is 0 Å². The lowest BCUT2D eigenvalue weighted by atomic mass is 10.2. The summed E-state index contributed by atoms with van der Waals surface area (Å²) in [6.07, 6.45) is -2.42. The van der Waals surface area contributed by atoms with Gasteiger partial charge in [-0.3, -0.25) is 9.09 Å². The normalized spacial score (nSPS) is 27.2. The second-order valence-electron chi connectivity index (χ2n) is 5.36. The minimum absolute atomic E-state index is 0.0380. The highest BCUT2D eigenvalue weighted by Gasteiger charge is 2.42. The van der Waals surface area contributed by atoms with E-state index in [9.17, 15) is 28.5 Å². The summed E-state index contributed by atoms with van der Waals surface area (Å²) in [4.78, 5) is 50.5. The number of phosphoric acid groups is 3. The summed E-state index contributed by atoms with van der Waals surface area (Å²) < 4.78 is 51.2. The molecule has 19 heteroatoms. The van der Waals surface area contributed by atoms with Crippen LogP contribution >= 0.6 is 23.5 Å². The Kier molecular flexibility index (Phi) is 6.99. The summed E-state index contributed by atoms with van der Waals surface area (Å²) in [5.74, 6) is -0.0380. The van der Waals surface area contributed by atoms with E-state index >= 15 is 0 Å². The number of anilines is 1. The second-order valence-corrected chi connectivity index (χ2v) is 9.78. The van der Waals surface area contributed by atoms with E-state index in [0.29, 0.717) is 0 Å². The molecule has 0 saturated carbocycles. The SMILES string of the molecule is Nc1ccn([C@@H]2C[C@@H](O)[C@@H](COP(=O)(O)OP(=O)(O)OP(=O)(O)O)O2)c(=O)n1. The van der Waals surface area contributed by atoms with Crippen molar-refractivity contribution < 1.29 is 56.3 Å². The fourth-order valence-electron chi connectivity index (χ4n) is 2.15. The molecule has 0 bridgehead atoms. The van der Waals surface area contributed by atoms with Crippen molar-refractivity contribution in [3.63, 3.8) is 0 Å². The Morgan fingerprint density at radius 3 is 2.43 bits per heavy atom. The lowest BCUT2D eigenvalue weighted by Gasteiger charge is -2.19. The van der Waals surface area contributed by atoms with Crippen LogP contribution in [0.2, 0.25) is 0 Å². The monoisotopic (exact) mass is 467 g/mol. The van der Waals surface area contributed by atoms with Crippen LogP contribution in [0.25, 0.3) is 0 Å². The molecule has 1 saturated heterocycles. The van der Waals surface area contributed by atoms with Crippen molar-refractivity contribution >= 4 is 29.3 Å². The van der Waals surface area contributed by atoms with Crippen molar-refractivity contribution in [2.45, 2.75) is 24.9 Å². The van der Waals surface area contributed by atoms with Gasteiger partial charge >= 0.3 is 29.2 Å². The average Bonchev–Trinajstić information content (AvgIpc) is 2.82. The van der Waals surface area contributed by atoms with Gasteiger partial charge in [0.15, 0.2) is 0 Å². The molecule has 2 rings (SSSR count). The molecule has 2 unspecified atom stereocenters. The van der Waals surface area contributed by atoms with Crippen LogP contribution in [-0.2, 0) is 31.6 Å².